The van der Waals surface area contributed by atoms with Crippen molar-refractivity contribution in [3.63, 3.8) is 0 Å². The number of benzene rings is 3. The highest BCUT2D eigenvalue weighted by atomic mass is 35.5. The number of hydrogen-bond donors (Lipinski definition) is 2. The van der Waals surface area contributed by atoms with Crippen LogP contribution in [0.15, 0.2) is 79.0 Å². The molecule has 0 fully saturated rings. The molecular weight excluding hydrogens is 408 g/mol. The Morgan fingerprint density at radius 1 is 1.00 bits per heavy atom. The van der Waals surface area contributed by atoms with Gasteiger partial charge in [0, 0.05) is 16.5 Å². The van der Waals surface area contributed by atoms with Crippen LogP contribution >= 0.6 is 11.6 Å². The van der Waals surface area contributed by atoms with Gasteiger partial charge in [0.1, 0.15) is 0 Å². The van der Waals surface area contributed by atoms with Crippen LogP contribution in [0.4, 0.5) is 0 Å². The summed E-state index contributed by atoms with van der Waals surface area (Å²) in [7, 11) is 0. The number of nitrogens with one attached hydrogen (secondary N) is 1. The van der Waals surface area contributed by atoms with Crippen molar-refractivity contribution in [2.24, 2.45) is 0 Å². The molecule has 4 nitrogen and oxygen atoms in total. The van der Waals surface area contributed by atoms with Crippen molar-refractivity contribution in [2.45, 2.75) is 13.3 Å². The fraction of sp³-hybridized carbons (Fsp3) is 0.0769. The average Bonchev–Trinajstić information content (AvgIpc) is 3.25. The molecule has 0 atom stereocenters. The molecule has 0 aliphatic rings. The minimum Gasteiger partial charge on any atom is -0.478 e. The number of halogens is 1. The van der Waals surface area contributed by atoms with Crippen molar-refractivity contribution in [1.29, 1.82) is 0 Å². The van der Waals surface area contributed by atoms with Crippen LogP contribution < -0.4 is 0 Å². The van der Waals surface area contributed by atoms with Gasteiger partial charge >= 0.3 is 5.97 Å². The third-order valence-corrected chi connectivity index (χ3v) is 5.45. The molecule has 0 spiro atoms. The molecule has 0 amide bonds. The van der Waals surface area contributed by atoms with Crippen molar-refractivity contribution in [3.8, 4) is 0 Å². The van der Waals surface area contributed by atoms with Gasteiger partial charge in [0.15, 0.2) is 0 Å². The zero-order chi connectivity index (χ0) is 21.8. The van der Waals surface area contributed by atoms with Crippen molar-refractivity contribution in [2.75, 3.05) is 0 Å². The van der Waals surface area contributed by atoms with E-state index in [9.17, 15) is 4.79 Å². The maximum atomic E-state index is 10.8. The molecule has 1 heterocycles. The standard InChI is InChI=1S/C26H21ClN2O2/c1-2-23(18-8-11-22(27)12-9-18)26(20-10-13-24-21(15-20)16-28-29-24)19-6-3-17(4-7-19)5-14-25(30)31/h3-16H,2H2,1H3,(H,28,29)(H,30,31)/b14-5+,26-23+. The lowest BCUT2D eigenvalue weighted by Crippen LogP contribution is -1.95. The van der Waals surface area contributed by atoms with Gasteiger partial charge in [0.25, 0.3) is 0 Å². The molecule has 0 radical (unpaired) electrons. The van der Waals surface area contributed by atoms with Gasteiger partial charge in [0.05, 0.1) is 11.7 Å². The van der Waals surface area contributed by atoms with E-state index in [0.29, 0.717) is 5.02 Å². The Balaban J connectivity index is 1.89. The van der Waals surface area contributed by atoms with Crippen LogP contribution in [0.3, 0.4) is 0 Å². The summed E-state index contributed by atoms with van der Waals surface area (Å²) in [6.45, 7) is 2.14. The van der Waals surface area contributed by atoms with Gasteiger partial charge in [-0.25, -0.2) is 4.79 Å². The lowest BCUT2D eigenvalue weighted by molar-refractivity contribution is -0.131. The third kappa shape index (κ3) is 4.60. The Kier molecular flexibility index (Phi) is 6.01. The maximum Gasteiger partial charge on any atom is 0.328 e. The number of carboxylic acids is 1. The number of carbonyl (C=O) groups is 1. The van der Waals surface area contributed by atoms with Crippen LogP contribution in [0, 0.1) is 0 Å². The second-order valence-electron chi connectivity index (χ2n) is 7.18. The molecule has 0 saturated carbocycles. The first-order chi connectivity index (χ1) is 15.0. The summed E-state index contributed by atoms with van der Waals surface area (Å²) in [5.74, 6) is -0.964. The highest BCUT2D eigenvalue weighted by molar-refractivity contribution is 6.30. The summed E-state index contributed by atoms with van der Waals surface area (Å²) >= 11 is 6.12. The quantitative estimate of drug-likeness (QED) is 0.266. The van der Waals surface area contributed by atoms with E-state index >= 15 is 0 Å². The molecule has 3 aromatic carbocycles. The topological polar surface area (TPSA) is 66.0 Å². The van der Waals surface area contributed by atoms with Crippen molar-refractivity contribution < 1.29 is 9.90 Å². The number of allylic oxidation sites excluding steroid dienone is 1. The number of fused-ring (bicyclic) bond motifs is 1. The molecular formula is C26H21ClN2O2. The first-order valence-electron chi connectivity index (χ1n) is 9.99. The summed E-state index contributed by atoms with van der Waals surface area (Å²) in [6, 6.07) is 22.1. The first-order valence-corrected chi connectivity index (χ1v) is 10.4. The van der Waals surface area contributed by atoms with E-state index in [-0.39, 0.29) is 0 Å². The first kappa shape index (κ1) is 20.6. The van der Waals surface area contributed by atoms with Gasteiger partial charge in [-0.1, -0.05) is 61.0 Å². The molecule has 0 aliphatic carbocycles. The lowest BCUT2D eigenvalue weighted by Gasteiger charge is -2.17. The third-order valence-electron chi connectivity index (χ3n) is 5.19. The molecule has 1 aromatic heterocycles. The van der Waals surface area contributed by atoms with Crippen LogP contribution in [-0.4, -0.2) is 21.3 Å². The van der Waals surface area contributed by atoms with Gasteiger partial charge in [-0.15, -0.1) is 0 Å². The largest absolute Gasteiger partial charge is 0.478 e. The number of rotatable bonds is 6. The van der Waals surface area contributed by atoms with Crippen LogP contribution in [0.25, 0.3) is 28.1 Å². The number of aromatic nitrogens is 2. The molecule has 5 heteroatoms. The molecule has 4 aromatic rings. The summed E-state index contributed by atoms with van der Waals surface area (Å²) < 4.78 is 0. The van der Waals surface area contributed by atoms with Crippen LogP contribution in [0.5, 0.6) is 0 Å². The fourth-order valence-electron chi connectivity index (χ4n) is 3.72. The van der Waals surface area contributed by atoms with Gasteiger partial charge in [-0.2, -0.15) is 5.10 Å². The minimum absolute atomic E-state index is 0.704. The minimum atomic E-state index is -0.964. The lowest BCUT2D eigenvalue weighted by atomic mass is 9.87. The monoisotopic (exact) mass is 428 g/mol. The Morgan fingerprint density at radius 2 is 1.68 bits per heavy atom. The Hall–Kier alpha value is -3.63. The zero-order valence-electron chi connectivity index (χ0n) is 17.0. The number of carboxylic acid groups (broad SMARTS) is 1. The molecule has 0 bridgehead atoms. The maximum absolute atomic E-state index is 10.8. The Morgan fingerprint density at radius 3 is 2.35 bits per heavy atom. The van der Waals surface area contributed by atoms with Gasteiger partial charge in [-0.05, 0) is 70.2 Å². The van der Waals surface area contributed by atoms with Crippen molar-refractivity contribution in [1.82, 2.24) is 10.2 Å². The summed E-state index contributed by atoms with van der Waals surface area (Å²) in [5, 5.41) is 17.8. The summed E-state index contributed by atoms with van der Waals surface area (Å²) in [6.07, 6.45) is 5.39. The predicted octanol–water partition coefficient (Wildman–Crippen LogP) is 6.68. The van der Waals surface area contributed by atoms with Gasteiger partial charge < -0.3 is 5.11 Å². The molecule has 0 unspecified atom stereocenters. The highest BCUT2D eigenvalue weighted by Crippen LogP contribution is 2.36. The van der Waals surface area contributed by atoms with Crippen molar-refractivity contribution in [3.05, 3.63) is 106 Å². The summed E-state index contributed by atoms with van der Waals surface area (Å²) in [5.41, 5.74) is 7.41. The number of H-pyrrole nitrogens is 1. The Labute approximate surface area is 185 Å². The Bertz CT molecular complexity index is 1280. The van der Waals surface area contributed by atoms with E-state index in [2.05, 4.69) is 29.3 Å². The van der Waals surface area contributed by atoms with Gasteiger partial charge in [-0.3, -0.25) is 5.10 Å². The van der Waals surface area contributed by atoms with Crippen molar-refractivity contribution >= 4 is 45.7 Å². The molecule has 4 rings (SSSR count). The SMILES string of the molecule is CC/C(=C(/c1ccc(/C=C/C(=O)O)cc1)c1ccc2[nH]ncc2c1)c1ccc(Cl)cc1. The highest BCUT2D eigenvalue weighted by Gasteiger charge is 2.14. The molecule has 0 aliphatic heterocycles. The van der Waals surface area contributed by atoms with Gasteiger partial charge in [0.2, 0.25) is 0 Å². The molecule has 154 valence electrons. The number of hydrogen-bond acceptors (Lipinski definition) is 2. The number of aromatic amines is 1. The number of aliphatic carboxylic acids is 1. The predicted molar refractivity (Wildman–Crippen MR) is 127 cm³/mol. The smallest absolute Gasteiger partial charge is 0.328 e. The van der Waals surface area contributed by atoms with Crippen LogP contribution in [-0.2, 0) is 4.79 Å². The second-order valence-corrected chi connectivity index (χ2v) is 7.62. The average molecular weight is 429 g/mol. The van der Waals surface area contributed by atoms with E-state index < -0.39 is 5.97 Å². The normalized spacial score (nSPS) is 12.3. The van der Waals surface area contributed by atoms with Crippen LogP contribution in [0.1, 0.15) is 35.6 Å². The molecule has 2 N–H and O–H groups in total. The summed E-state index contributed by atoms with van der Waals surface area (Å²) in [4.78, 5) is 10.8. The van der Waals surface area contributed by atoms with Crippen LogP contribution in [0.2, 0.25) is 5.02 Å². The van der Waals surface area contributed by atoms with E-state index in [4.69, 9.17) is 16.7 Å². The van der Waals surface area contributed by atoms with E-state index in [1.54, 1.807) is 6.08 Å². The van der Waals surface area contributed by atoms with E-state index in [1.807, 2.05) is 60.8 Å². The molecule has 31 heavy (non-hydrogen) atoms. The molecule has 0 saturated heterocycles. The zero-order valence-corrected chi connectivity index (χ0v) is 17.7. The number of nitrogens with zero attached hydrogens (tertiary/aromatic N) is 1. The van der Waals surface area contributed by atoms with E-state index in [0.717, 1.165) is 51.2 Å². The second kappa shape index (κ2) is 9.02. The van der Waals surface area contributed by atoms with E-state index in [1.165, 1.54) is 5.57 Å². The fourth-order valence-corrected chi connectivity index (χ4v) is 3.84.